The first-order valence-electron chi connectivity index (χ1n) is 3.65. The van der Waals surface area contributed by atoms with Gasteiger partial charge in [0.2, 0.25) is 0 Å². The molecule has 0 aliphatic heterocycles. The zero-order valence-electron chi connectivity index (χ0n) is 6.65. The van der Waals surface area contributed by atoms with E-state index in [1.165, 1.54) is 0 Å². The molecule has 2 heterocycles. The molecule has 4 heteroatoms. The summed E-state index contributed by atoms with van der Waals surface area (Å²) in [5, 5.41) is 11.9. The summed E-state index contributed by atoms with van der Waals surface area (Å²) in [5.74, 6) is 0.772. The molecule has 0 unspecified atom stereocenters. The van der Waals surface area contributed by atoms with Crippen LogP contribution >= 0.6 is 0 Å². The van der Waals surface area contributed by atoms with E-state index in [1.54, 1.807) is 12.4 Å². The normalized spacial score (nSPS) is 10.1. The average molecular weight is 160 g/mol. The van der Waals surface area contributed by atoms with Gasteiger partial charge in [0.25, 0.3) is 0 Å². The van der Waals surface area contributed by atoms with Gasteiger partial charge in [-0.05, 0) is 12.1 Å². The Morgan fingerprint density at radius 2 is 2.25 bits per heavy atom. The lowest BCUT2D eigenvalue weighted by Gasteiger charge is -1.98. The third-order valence-corrected chi connectivity index (χ3v) is 1.65. The topological polar surface area (TPSA) is 50.7 Å². The molecule has 2 aromatic rings. The van der Waals surface area contributed by atoms with Crippen LogP contribution < -0.4 is 5.32 Å². The molecule has 0 aliphatic rings. The van der Waals surface area contributed by atoms with Crippen molar-refractivity contribution in [3.63, 3.8) is 0 Å². The van der Waals surface area contributed by atoms with Crippen LogP contribution in [0.3, 0.4) is 0 Å². The Balaban J connectivity index is 2.67. The molecule has 12 heavy (non-hydrogen) atoms. The van der Waals surface area contributed by atoms with E-state index in [9.17, 15) is 0 Å². The standard InChI is InChI=1S/C8H8N4/c1-9-8-4-6-2-3-10-5-7(6)11-12-8/h2-5H,1H3,(H,9,12). The lowest BCUT2D eigenvalue weighted by Crippen LogP contribution is -1.94. The minimum Gasteiger partial charge on any atom is -0.372 e. The minimum atomic E-state index is 0.772. The zero-order valence-corrected chi connectivity index (χ0v) is 6.65. The smallest absolute Gasteiger partial charge is 0.149 e. The first kappa shape index (κ1) is 6.97. The average Bonchev–Trinajstić information content (AvgIpc) is 2.17. The molecular formula is C8H8N4. The highest BCUT2D eigenvalue weighted by molar-refractivity contribution is 5.78. The van der Waals surface area contributed by atoms with Gasteiger partial charge in [0.1, 0.15) is 11.3 Å². The Hall–Kier alpha value is -1.71. The lowest BCUT2D eigenvalue weighted by atomic mass is 10.3. The summed E-state index contributed by atoms with van der Waals surface area (Å²) in [6, 6.07) is 3.84. The van der Waals surface area contributed by atoms with Gasteiger partial charge in [-0.2, -0.15) is 0 Å². The summed E-state index contributed by atoms with van der Waals surface area (Å²) < 4.78 is 0. The molecule has 0 aliphatic carbocycles. The van der Waals surface area contributed by atoms with Crippen LogP contribution in [0.5, 0.6) is 0 Å². The predicted octanol–water partition coefficient (Wildman–Crippen LogP) is 1.07. The van der Waals surface area contributed by atoms with Crippen LogP contribution in [0.2, 0.25) is 0 Å². The number of aromatic nitrogens is 3. The Morgan fingerprint density at radius 3 is 3.08 bits per heavy atom. The third kappa shape index (κ3) is 1.07. The number of nitrogens with zero attached hydrogens (tertiary/aromatic N) is 3. The van der Waals surface area contributed by atoms with Gasteiger partial charge in [-0.3, -0.25) is 4.98 Å². The maximum Gasteiger partial charge on any atom is 0.149 e. The van der Waals surface area contributed by atoms with Crippen LogP contribution in [-0.4, -0.2) is 22.2 Å². The van der Waals surface area contributed by atoms with E-state index in [1.807, 2.05) is 19.2 Å². The summed E-state index contributed by atoms with van der Waals surface area (Å²) in [6.07, 6.45) is 3.44. The summed E-state index contributed by atoms with van der Waals surface area (Å²) >= 11 is 0. The SMILES string of the molecule is CNc1cc2ccncc2nn1. The maximum absolute atomic E-state index is 3.98. The summed E-state index contributed by atoms with van der Waals surface area (Å²) in [7, 11) is 1.82. The van der Waals surface area contributed by atoms with Crippen molar-refractivity contribution < 1.29 is 0 Å². The Kier molecular flexibility index (Phi) is 1.59. The monoisotopic (exact) mass is 160 g/mol. The number of pyridine rings is 1. The molecule has 2 rings (SSSR count). The fourth-order valence-electron chi connectivity index (χ4n) is 1.01. The van der Waals surface area contributed by atoms with Crippen molar-refractivity contribution in [1.29, 1.82) is 0 Å². The highest BCUT2D eigenvalue weighted by atomic mass is 15.2. The second kappa shape index (κ2) is 2.73. The van der Waals surface area contributed by atoms with Crippen LogP contribution in [-0.2, 0) is 0 Å². The van der Waals surface area contributed by atoms with E-state index in [4.69, 9.17) is 0 Å². The van der Waals surface area contributed by atoms with Crippen molar-refractivity contribution in [3.8, 4) is 0 Å². The number of nitrogens with one attached hydrogen (secondary N) is 1. The molecule has 0 atom stereocenters. The molecule has 0 spiro atoms. The van der Waals surface area contributed by atoms with Crippen LogP contribution in [0, 0.1) is 0 Å². The molecule has 0 radical (unpaired) electrons. The first-order chi connectivity index (χ1) is 5.90. The molecule has 60 valence electrons. The van der Waals surface area contributed by atoms with E-state index in [2.05, 4.69) is 20.5 Å². The second-order valence-corrected chi connectivity index (χ2v) is 2.41. The molecule has 0 saturated carbocycles. The van der Waals surface area contributed by atoms with E-state index < -0.39 is 0 Å². The van der Waals surface area contributed by atoms with E-state index >= 15 is 0 Å². The molecule has 2 aromatic heterocycles. The minimum absolute atomic E-state index is 0.772. The Morgan fingerprint density at radius 1 is 1.33 bits per heavy atom. The van der Waals surface area contributed by atoms with E-state index in [0.29, 0.717) is 0 Å². The number of fused-ring (bicyclic) bond motifs is 1. The van der Waals surface area contributed by atoms with Gasteiger partial charge >= 0.3 is 0 Å². The van der Waals surface area contributed by atoms with E-state index in [-0.39, 0.29) is 0 Å². The first-order valence-corrected chi connectivity index (χ1v) is 3.65. The zero-order chi connectivity index (χ0) is 8.39. The van der Waals surface area contributed by atoms with Gasteiger partial charge < -0.3 is 5.32 Å². The number of hydrogen-bond acceptors (Lipinski definition) is 4. The molecule has 1 N–H and O–H groups in total. The van der Waals surface area contributed by atoms with Crippen molar-refractivity contribution in [3.05, 3.63) is 24.5 Å². The molecule has 0 bridgehead atoms. The predicted molar refractivity (Wildman–Crippen MR) is 46.9 cm³/mol. The second-order valence-electron chi connectivity index (χ2n) is 2.41. The van der Waals surface area contributed by atoms with Crippen LogP contribution in [0.25, 0.3) is 10.9 Å². The van der Waals surface area contributed by atoms with Crippen molar-refractivity contribution in [2.75, 3.05) is 12.4 Å². The molecule has 0 saturated heterocycles. The van der Waals surface area contributed by atoms with Crippen LogP contribution in [0.4, 0.5) is 5.82 Å². The van der Waals surface area contributed by atoms with Gasteiger partial charge in [0.15, 0.2) is 0 Å². The molecular weight excluding hydrogens is 152 g/mol. The van der Waals surface area contributed by atoms with E-state index in [0.717, 1.165) is 16.7 Å². The van der Waals surface area contributed by atoms with Gasteiger partial charge in [-0.15, -0.1) is 10.2 Å². The number of hydrogen-bond donors (Lipinski definition) is 1. The summed E-state index contributed by atoms with van der Waals surface area (Å²) in [5.41, 5.74) is 0.816. The molecule has 0 fully saturated rings. The van der Waals surface area contributed by atoms with Gasteiger partial charge in [0.05, 0.1) is 6.20 Å². The van der Waals surface area contributed by atoms with Crippen LogP contribution in [0.1, 0.15) is 0 Å². The van der Waals surface area contributed by atoms with Gasteiger partial charge in [0, 0.05) is 18.6 Å². The number of anilines is 1. The fourth-order valence-corrected chi connectivity index (χ4v) is 1.01. The number of rotatable bonds is 1. The largest absolute Gasteiger partial charge is 0.372 e. The molecule has 4 nitrogen and oxygen atoms in total. The molecule has 0 amide bonds. The van der Waals surface area contributed by atoms with Gasteiger partial charge in [-0.1, -0.05) is 0 Å². The fraction of sp³-hybridized carbons (Fsp3) is 0.125. The highest BCUT2D eigenvalue weighted by Crippen LogP contribution is 2.11. The van der Waals surface area contributed by atoms with Gasteiger partial charge in [-0.25, -0.2) is 0 Å². The maximum atomic E-state index is 3.98. The Bertz CT molecular complexity index is 399. The quantitative estimate of drug-likeness (QED) is 0.677. The van der Waals surface area contributed by atoms with Crippen molar-refractivity contribution >= 4 is 16.7 Å². The van der Waals surface area contributed by atoms with Crippen molar-refractivity contribution in [1.82, 2.24) is 15.2 Å². The Labute approximate surface area is 69.7 Å². The van der Waals surface area contributed by atoms with Crippen LogP contribution in [0.15, 0.2) is 24.5 Å². The highest BCUT2D eigenvalue weighted by Gasteiger charge is 1.95. The third-order valence-electron chi connectivity index (χ3n) is 1.65. The summed E-state index contributed by atoms with van der Waals surface area (Å²) in [6.45, 7) is 0. The molecule has 0 aromatic carbocycles. The van der Waals surface area contributed by atoms with Crippen molar-refractivity contribution in [2.24, 2.45) is 0 Å². The summed E-state index contributed by atoms with van der Waals surface area (Å²) in [4.78, 5) is 3.95. The van der Waals surface area contributed by atoms with Crippen molar-refractivity contribution in [2.45, 2.75) is 0 Å². The lowest BCUT2D eigenvalue weighted by molar-refractivity contribution is 1.07.